The molecule has 0 heterocycles. The Hall–Kier alpha value is -0.710. The fraction of sp³-hybridized carbons (Fsp3) is 0.750. The average Bonchev–Trinajstić information content (AvgIpc) is 2.04. The Kier molecular flexibility index (Phi) is 6.40. The third-order valence-corrected chi connectivity index (χ3v) is 1.79. The van der Waals surface area contributed by atoms with E-state index in [0.717, 1.165) is 6.42 Å². The van der Waals surface area contributed by atoms with Crippen molar-refractivity contribution in [1.82, 2.24) is 5.32 Å². The van der Waals surface area contributed by atoms with Crippen LogP contribution in [0.2, 0.25) is 0 Å². The van der Waals surface area contributed by atoms with Crippen molar-refractivity contribution in [2.45, 2.75) is 32.2 Å². The Labute approximate surface area is 83.1 Å². The number of carbonyl (C=O) groups excluding carboxylic acids is 1. The van der Waals surface area contributed by atoms with Gasteiger partial charge in [0.2, 0.25) is 5.91 Å². The molecule has 4 nitrogen and oxygen atoms in total. The number of amides is 1. The average molecular weight is 205 g/mol. The van der Waals surface area contributed by atoms with Gasteiger partial charge in [0.05, 0.1) is 0 Å². The summed E-state index contributed by atoms with van der Waals surface area (Å²) in [7, 11) is 0. The van der Waals surface area contributed by atoms with Gasteiger partial charge >= 0.3 is 5.97 Å². The number of carboxylic acid groups (broad SMARTS) is 1. The molecular weight excluding hydrogens is 190 g/mol. The van der Waals surface area contributed by atoms with E-state index >= 15 is 0 Å². The van der Waals surface area contributed by atoms with Crippen LogP contribution in [0.4, 0.5) is 0 Å². The first-order chi connectivity index (χ1) is 6.11. The minimum absolute atomic E-state index is 0.211. The molecule has 0 aromatic rings. The Morgan fingerprint density at radius 1 is 1.54 bits per heavy atom. The highest BCUT2D eigenvalue weighted by Crippen LogP contribution is 1.96. The Bertz CT molecular complexity index is 184. The molecule has 0 bridgehead atoms. The molecule has 2 N–H and O–H groups in total. The van der Waals surface area contributed by atoms with Gasteiger partial charge in [-0.15, -0.1) is 0 Å². The Morgan fingerprint density at radius 3 is 2.54 bits per heavy atom. The minimum atomic E-state index is -1.00. The topological polar surface area (TPSA) is 66.4 Å². The summed E-state index contributed by atoms with van der Waals surface area (Å²) < 4.78 is 0. The molecule has 0 rings (SSSR count). The molecule has 0 aromatic heterocycles. The molecule has 0 radical (unpaired) electrons. The monoisotopic (exact) mass is 205 g/mol. The van der Waals surface area contributed by atoms with E-state index in [9.17, 15) is 9.59 Å². The maximum Gasteiger partial charge on any atom is 0.326 e. The van der Waals surface area contributed by atoms with E-state index in [0.29, 0.717) is 18.6 Å². The quantitative estimate of drug-likeness (QED) is 0.558. The minimum Gasteiger partial charge on any atom is -0.480 e. The number of rotatable bonds is 6. The van der Waals surface area contributed by atoms with Crippen LogP contribution in [0.5, 0.6) is 0 Å². The van der Waals surface area contributed by atoms with Gasteiger partial charge in [0, 0.05) is 6.42 Å². The third kappa shape index (κ3) is 5.52. The van der Waals surface area contributed by atoms with Crippen LogP contribution in [-0.2, 0) is 9.59 Å². The molecule has 13 heavy (non-hydrogen) atoms. The maximum absolute atomic E-state index is 11.0. The van der Waals surface area contributed by atoms with Crippen molar-refractivity contribution in [3.05, 3.63) is 0 Å². The number of hydrogen-bond donors (Lipinski definition) is 3. The second kappa shape index (κ2) is 6.77. The number of nitrogens with one attached hydrogen (secondary N) is 1. The van der Waals surface area contributed by atoms with Crippen LogP contribution in [0.15, 0.2) is 0 Å². The zero-order valence-electron chi connectivity index (χ0n) is 7.62. The van der Waals surface area contributed by atoms with Gasteiger partial charge in [-0.1, -0.05) is 6.92 Å². The molecule has 0 aromatic carbocycles. The molecule has 1 amide bonds. The van der Waals surface area contributed by atoms with E-state index in [1.54, 1.807) is 0 Å². The summed E-state index contributed by atoms with van der Waals surface area (Å²) in [6.45, 7) is 1.87. The maximum atomic E-state index is 11.0. The molecule has 5 heteroatoms. The molecule has 0 aliphatic heterocycles. The molecule has 0 spiro atoms. The van der Waals surface area contributed by atoms with Crippen molar-refractivity contribution in [3.63, 3.8) is 0 Å². The van der Waals surface area contributed by atoms with Gasteiger partial charge in [-0.05, 0) is 18.6 Å². The van der Waals surface area contributed by atoms with Crippen molar-refractivity contribution in [2.75, 3.05) is 5.75 Å². The SMILES string of the molecule is CCCC(=O)N[C@@H](CCS)C(=O)O. The van der Waals surface area contributed by atoms with Gasteiger partial charge in [-0.25, -0.2) is 4.79 Å². The molecule has 76 valence electrons. The molecule has 0 aliphatic rings. The zero-order valence-corrected chi connectivity index (χ0v) is 8.51. The van der Waals surface area contributed by atoms with E-state index in [1.807, 2.05) is 6.92 Å². The first-order valence-corrected chi connectivity index (χ1v) is 4.88. The molecule has 0 fully saturated rings. The number of hydrogen-bond acceptors (Lipinski definition) is 3. The van der Waals surface area contributed by atoms with E-state index in [1.165, 1.54) is 0 Å². The predicted octanol–water partition coefficient (Wildman–Crippen LogP) is 0.676. The lowest BCUT2D eigenvalue weighted by Gasteiger charge is -2.12. The smallest absolute Gasteiger partial charge is 0.326 e. The second-order valence-electron chi connectivity index (χ2n) is 2.72. The first-order valence-electron chi connectivity index (χ1n) is 4.24. The molecule has 0 saturated heterocycles. The van der Waals surface area contributed by atoms with Crippen LogP contribution >= 0.6 is 12.6 Å². The lowest BCUT2D eigenvalue weighted by molar-refractivity contribution is -0.141. The highest BCUT2D eigenvalue weighted by Gasteiger charge is 2.17. The van der Waals surface area contributed by atoms with Crippen LogP contribution in [0.1, 0.15) is 26.2 Å². The fourth-order valence-corrected chi connectivity index (χ4v) is 1.14. The summed E-state index contributed by atoms with van der Waals surface area (Å²) in [5.74, 6) is -0.765. The van der Waals surface area contributed by atoms with Crippen molar-refractivity contribution in [1.29, 1.82) is 0 Å². The van der Waals surface area contributed by atoms with Crippen molar-refractivity contribution < 1.29 is 14.7 Å². The van der Waals surface area contributed by atoms with Gasteiger partial charge < -0.3 is 10.4 Å². The normalized spacial score (nSPS) is 12.2. The second-order valence-corrected chi connectivity index (χ2v) is 3.17. The van der Waals surface area contributed by atoms with Gasteiger partial charge in [0.25, 0.3) is 0 Å². The number of aliphatic carboxylic acids is 1. The Balaban J connectivity index is 3.94. The van der Waals surface area contributed by atoms with Crippen molar-refractivity contribution in [3.8, 4) is 0 Å². The summed E-state index contributed by atoms with van der Waals surface area (Å²) in [5.41, 5.74) is 0. The fourth-order valence-electron chi connectivity index (χ4n) is 0.880. The van der Waals surface area contributed by atoms with Crippen LogP contribution in [-0.4, -0.2) is 28.8 Å². The largest absolute Gasteiger partial charge is 0.480 e. The first kappa shape index (κ1) is 12.3. The van der Waals surface area contributed by atoms with E-state index in [-0.39, 0.29) is 5.91 Å². The summed E-state index contributed by atoms with van der Waals surface area (Å²) in [6, 6.07) is -0.795. The lowest BCUT2D eigenvalue weighted by atomic mass is 10.2. The molecule has 1 atom stereocenters. The van der Waals surface area contributed by atoms with Crippen LogP contribution < -0.4 is 5.32 Å². The zero-order chi connectivity index (χ0) is 10.3. The van der Waals surface area contributed by atoms with Gasteiger partial charge in [0.15, 0.2) is 0 Å². The van der Waals surface area contributed by atoms with Crippen molar-refractivity contribution in [2.24, 2.45) is 0 Å². The van der Waals surface area contributed by atoms with Gasteiger partial charge in [-0.2, -0.15) is 12.6 Å². The number of carbonyl (C=O) groups is 2. The van der Waals surface area contributed by atoms with Gasteiger partial charge in [-0.3, -0.25) is 4.79 Å². The molecule has 0 aliphatic carbocycles. The summed E-state index contributed by atoms with van der Waals surface area (Å²) >= 11 is 3.91. The highest BCUT2D eigenvalue weighted by atomic mass is 32.1. The summed E-state index contributed by atoms with van der Waals surface area (Å²) in [6.07, 6.45) is 1.45. The number of thiol groups is 1. The highest BCUT2D eigenvalue weighted by molar-refractivity contribution is 7.80. The van der Waals surface area contributed by atoms with Crippen LogP contribution in [0.25, 0.3) is 0 Å². The van der Waals surface area contributed by atoms with Crippen LogP contribution in [0.3, 0.4) is 0 Å². The molecule has 0 unspecified atom stereocenters. The summed E-state index contributed by atoms with van der Waals surface area (Å²) in [4.78, 5) is 21.6. The van der Waals surface area contributed by atoms with E-state index < -0.39 is 12.0 Å². The predicted molar refractivity (Wildman–Crippen MR) is 52.9 cm³/mol. The third-order valence-electron chi connectivity index (χ3n) is 1.53. The van der Waals surface area contributed by atoms with Crippen molar-refractivity contribution >= 4 is 24.5 Å². The Morgan fingerprint density at radius 2 is 2.15 bits per heavy atom. The number of carboxylic acids is 1. The standard InChI is InChI=1S/C8H15NO3S/c1-2-3-7(10)9-6(4-5-13)8(11)12/h6,13H,2-5H2,1H3,(H,9,10)(H,11,12)/t6-/m0/s1. The van der Waals surface area contributed by atoms with E-state index in [4.69, 9.17) is 5.11 Å². The summed E-state index contributed by atoms with van der Waals surface area (Å²) in [5, 5.41) is 11.1. The van der Waals surface area contributed by atoms with E-state index in [2.05, 4.69) is 17.9 Å². The lowest BCUT2D eigenvalue weighted by Crippen LogP contribution is -2.40. The van der Waals surface area contributed by atoms with Gasteiger partial charge in [0.1, 0.15) is 6.04 Å². The van der Waals surface area contributed by atoms with Crippen LogP contribution in [0, 0.1) is 0 Å². The molecular formula is C8H15NO3S. The molecule has 0 saturated carbocycles.